The minimum Gasteiger partial charge on any atom is -0.505 e. The third-order valence-corrected chi connectivity index (χ3v) is 5.94. The lowest BCUT2D eigenvalue weighted by molar-refractivity contribution is 0.128. The van der Waals surface area contributed by atoms with E-state index in [-0.39, 0.29) is 11.3 Å². The molecule has 4 rings (SSSR count). The van der Waals surface area contributed by atoms with E-state index < -0.39 is 0 Å². The zero-order chi connectivity index (χ0) is 20.6. The van der Waals surface area contributed by atoms with Gasteiger partial charge >= 0.3 is 0 Å². The van der Waals surface area contributed by atoms with Crippen molar-refractivity contribution in [2.75, 3.05) is 42.9 Å². The number of anilines is 2. The Morgan fingerprint density at radius 1 is 1.07 bits per heavy atom. The van der Waals surface area contributed by atoms with Crippen LogP contribution >= 0.6 is 16.1 Å². The number of nitrogens with zero attached hydrogens (tertiary/aromatic N) is 5. The van der Waals surface area contributed by atoms with Crippen LogP contribution in [0.1, 0.15) is 20.8 Å². The Bertz CT molecular complexity index is 993. The van der Waals surface area contributed by atoms with Crippen LogP contribution < -0.4 is 20.8 Å². The predicted octanol–water partition coefficient (Wildman–Crippen LogP) is 1.69. The second-order valence-corrected chi connectivity index (χ2v) is 9.38. The molecule has 0 amide bonds. The number of rotatable bonds is 3. The Morgan fingerprint density at radius 2 is 1.76 bits per heavy atom. The average molecular weight is 459 g/mol. The van der Waals surface area contributed by atoms with Crippen molar-refractivity contribution in [1.29, 1.82) is 0 Å². The maximum absolute atomic E-state index is 10.3. The van der Waals surface area contributed by atoms with Gasteiger partial charge < -0.3 is 19.2 Å². The van der Waals surface area contributed by atoms with Crippen LogP contribution in [0.5, 0.6) is 5.75 Å². The number of aromatic hydroxyl groups is 1. The summed E-state index contributed by atoms with van der Waals surface area (Å²) in [4.78, 5) is 4.97. The van der Waals surface area contributed by atoms with Gasteiger partial charge in [0.2, 0.25) is 0 Å². The summed E-state index contributed by atoms with van der Waals surface area (Å²) in [5, 5.41) is 23.0. The third kappa shape index (κ3) is 4.33. The van der Waals surface area contributed by atoms with E-state index in [9.17, 15) is 5.11 Å². The number of halogens is 1. The Hall–Kier alpha value is -2.32. The van der Waals surface area contributed by atoms with Crippen LogP contribution in [-0.2, 0) is 0 Å². The summed E-state index contributed by atoms with van der Waals surface area (Å²) < 4.78 is 1.84. The molecule has 1 aromatic heterocycles. The fourth-order valence-corrected chi connectivity index (χ4v) is 4.31. The van der Waals surface area contributed by atoms with Crippen molar-refractivity contribution in [1.82, 2.24) is 19.0 Å². The van der Waals surface area contributed by atoms with Crippen LogP contribution in [0.15, 0.2) is 30.5 Å². The number of piperazine rings is 1. The molecule has 0 bridgehead atoms. The van der Waals surface area contributed by atoms with Crippen molar-refractivity contribution in [3.63, 3.8) is 0 Å². The molecule has 7 nitrogen and oxygen atoms in total. The Kier molecular flexibility index (Phi) is 5.40. The molecular formula is C21H27BrN6O. The highest BCUT2D eigenvalue weighted by Gasteiger charge is 2.25. The minimum atomic E-state index is 0.127. The van der Waals surface area contributed by atoms with Gasteiger partial charge in [-0.2, -0.15) is 5.10 Å². The van der Waals surface area contributed by atoms with Gasteiger partial charge in [-0.3, -0.25) is 4.90 Å². The molecule has 29 heavy (non-hydrogen) atoms. The van der Waals surface area contributed by atoms with Crippen molar-refractivity contribution in [3.8, 4) is 5.75 Å². The van der Waals surface area contributed by atoms with Crippen LogP contribution in [0.2, 0.25) is 0 Å². The smallest absolute Gasteiger partial charge is 0.147 e. The van der Waals surface area contributed by atoms with Crippen LogP contribution in [-0.4, -0.2) is 62.4 Å². The molecular weight excluding hydrogens is 432 g/mol. The van der Waals surface area contributed by atoms with Crippen molar-refractivity contribution in [2.45, 2.75) is 26.3 Å². The fraction of sp³-hybridized carbons (Fsp3) is 0.429. The summed E-state index contributed by atoms with van der Waals surface area (Å²) in [5.41, 5.74) is 3.31. The first-order chi connectivity index (χ1) is 13.8. The molecule has 1 aromatic carbocycles. The molecule has 0 spiro atoms. The monoisotopic (exact) mass is 458 g/mol. The van der Waals surface area contributed by atoms with E-state index >= 15 is 0 Å². The van der Waals surface area contributed by atoms with E-state index in [1.807, 2.05) is 10.1 Å². The standard InChI is InChI=1S/C21H27BrN6O/c1-21(2,3)27-10-8-26(9-11-27)16-6-4-15(5-7-16)24-17-13-28(22)14-18-20(17)19(29)12-23-25-18/h4-7,12,14,24,29H,8-11,13H2,1-3H3. The summed E-state index contributed by atoms with van der Waals surface area (Å²) in [5.74, 6) is 0.127. The second-order valence-electron chi connectivity index (χ2n) is 8.47. The van der Waals surface area contributed by atoms with E-state index in [4.69, 9.17) is 0 Å². The van der Waals surface area contributed by atoms with Crippen LogP contribution in [0, 0.1) is 0 Å². The van der Waals surface area contributed by atoms with E-state index in [2.05, 4.69) is 86.5 Å². The van der Waals surface area contributed by atoms with E-state index in [0.29, 0.717) is 17.1 Å². The van der Waals surface area contributed by atoms with Gasteiger partial charge in [-0.05, 0) is 45.0 Å². The zero-order valence-corrected chi connectivity index (χ0v) is 18.6. The van der Waals surface area contributed by atoms with Gasteiger partial charge in [-0.1, -0.05) is 0 Å². The minimum absolute atomic E-state index is 0.127. The SMILES string of the molecule is CC(C)(C)N1CCN(c2ccc(NC3=c4c(O)cnnc4=CN(Br)C3)cc2)CC1. The van der Waals surface area contributed by atoms with Gasteiger partial charge in [-0.15, -0.1) is 5.10 Å². The predicted molar refractivity (Wildman–Crippen MR) is 120 cm³/mol. The van der Waals surface area contributed by atoms with Crippen molar-refractivity contribution >= 4 is 39.4 Å². The van der Waals surface area contributed by atoms with Crippen LogP contribution in [0.3, 0.4) is 0 Å². The number of aromatic nitrogens is 2. The number of hydrogen-bond donors (Lipinski definition) is 2. The molecule has 0 saturated carbocycles. The van der Waals surface area contributed by atoms with Gasteiger partial charge in [0.1, 0.15) is 11.1 Å². The Labute approximate surface area is 179 Å². The van der Waals surface area contributed by atoms with Crippen molar-refractivity contribution < 1.29 is 5.11 Å². The first-order valence-corrected chi connectivity index (χ1v) is 10.6. The molecule has 0 unspecified atom stereocenters. The quantitative estimate of drug-likeness (QED) is 0.678. The lowest BCUT2D eigenvalue weighted by Crippen LogP contribution is -2.53. The first kappa shape index (κ1) is 20.0. The number of hydrogen-bond acceptors (Lipinski definition) is 7. The third-order valence-electron chi connectivity index (χ3n) is 5.49. The van der Waals surface area contributed by atoms with Crippen molar-refractivity contribution in [2.24, 2.45) is 0 Å². The van der Waals surface area contributed by atoms with Gasteiger partial charge in [0.25, 0.3) is 0 Å². The molecule has 0 atom stereocenters. The fourth-order valence-electron chi connectivity index (χ4n) is 3.87. The highest BCUT2D eigenvalue weighted by atomic mass is 79.9. The normalized spacial score (nSPS) is 17.7. The zero-order valence-electron chi connectivity index (χ0n) is 17.1. The average Bonchev–Trinajstić information content (AvgIpc) is 2.68. The molecule has 3 heterocycles. The van der Waals surface area contributed by atoms with Gasteiger partial charge in [-0.25, -0.2) is 0 Å². The molecule has 0 aliphatic carbocycles. The topological polar surface area (TPSA) is 67.8 Å². The molecule has 154 valence electrons. The number of fused-ring (bicyclic) bond motifs is 1. The Balaban J connectivity index is 1.50. The molecule has 0 radical (unpaired) electrons. The molecule has 1 saturated heterocycles. The molecule has 1 fully saturated rings. The summed E-state index contributed by atoms with van der Waals surface area (Å²) in [6.07, 6.45) is 3.19. The molecule has 2 aromatic rings. The van der Waals surface area contributed by atoms with E-state index in [1.165, 1.54) is 11.9 Å². The summed E-state index contributed by atoms with van der Waals surface area (Å²) in [6, 6.07) is 8.48. The summed E-state index contributed by atoms with van der Waals surface area (Å²) >= 11 is 3.48. The molecule has 2 aliphatic rings. The van der Waals surface area contributed by atoms with Crippen LogP contribution in [0.4, 0.5) is 11.4 Å². The second kappa shape index (κ2) is 7.84. The largest absolute Gasteiger partial charge is 0.505 e. The van der Waals surface area contributed by atoms with Gasteiger partial charge in [0, 0.05) is 71.1 Å². The lowest BCUT2D eigenvalue weighted by atomic mass is 10.0. The lowest BCUT2D eigenvalue weighted by Gasteiger charge is -2.43. The van der Waals surface area contributed by atoms with Crippen molar-refractivity contribution in [3.05, 3.63) is 41.0 Å². The highest BCUT2D eigenvalue weighted by molar-refractivity contribution is 9.07. The van der Waals surface area contributed by atoms with E-state index in [1.54, 1.807) is 0 Å². The summed E-state index contributed by atoms with van der Waals surface area (Å²) in [6.45, 7) is 11.7. The molecule has 2 N–H and O–H groups in total. The van der Waals surface area contributed by atoms with Crippen LogP contribution in [0.25, 0.3) is 11.9 Å². The Morgan fingerprint density at radius 3 is 2.41 bits per heavy atom. The first-order valence-electron chi connectivity index (χ1n) is 9.86. The van der Waals surface area contributed by atoms with E-state index in [0.717, 1.165) is 37.6 Å². The maximum atomic E-state index is 10.3. The highest BCUT2D eigenvalue weighted by Crippen LogP contribution is 2.23. The van der Waals surface area contributed by atoms with Gasteiger partial charge in [0.15, 0.2) is 0 Å². The molecule has 8 heteroatoms. The van der Waals surface area contributed by atoms with Gasteiger partial charge in [0.05, 0.1) is 18.0 Å². The maximum Gasteiger partial charge on any atom is 0.147 e. The molecule has 2 aliphatic heterocycles. The number of nitrogens with one attached hydrogen (secondary N) is 1. The number of benzene rings is 1. The summed E-state index contributed by atoms with van der Waals surface area (Å²) in [7, 11) is 0.